The van der Waals surface area contributed by atoms with Crippen LogP contribution in [-0.4, -0.2) is 30.8 Å². The summed E-state index contributed by atoms with van der Waals surface area (Å²) in [5.74, 6) is 1.41. The molecule has 0 aliphatic carbocycles. The quantitative estimate of drug-likeness (QED) is 0.649. The number of fused-ring (bicyclic) bond motifs is 2. The number of nitrogens with one attached hydrogen (secondary N) is 2. The SMILES string of the molecule is CC(=O)OCCCOc1ccc2nc3c(cc2c1)NCN3. The number of pyridine rings is 1. The normalized spacial score (nSPS) is 12.4. The highest BCUT2D eigenvalue weighted by atomic mass is 16.5. The summed E-state index contributed by atoms with van der Waals surface area (Å²) in [5, 5.41) is 7.42. The van der Waals surface area contributed by atoms with Crippen LogP contribution in [0.3, 0.4) is 0 Å². The van der Waals surface area contributed by atoms with Crippen LogP contribution in [0.1, 0.15) is 13.3 Å². The molecule has 6 nitrogen and oxygen atoms in total. The first-order valence-electron chi connectivity index (χ1n) is 6.91. The van der Waals surface area contributed by atoms with Gasteiger partial charge in [0.25, 0.3) is 0 Å². The van der Waals surface area contributed by atoms with E-state index < -0.39 is 0 Å². The number of carbonyl (C=O) groups is 1. The van der Waals surface area contributed by atoms with E-state index in [4.69, 9.17) is 9.47 Å². The third kappa shape index (κ3) is 3.16. The minimum Gasteiger partial charge on any atom is -0.493 e. The Hall–Kier alpha value is -2.50. The molecule has 2 heterocycles. The van der Waals surface area contributed by atoms with Crippen molar-refractivity contribution in [2.24, 2.45) is 0 Å². The van der Waals surface area contributed by atoms with Gasteiger partial charge in [0, 0.05) is 18.7 Å². The molecule has 6 heteroatoms. The van der Waals surface area contributed by atoms with Crippen molar-refractivity contribution < 1.29 is 14.3 Å². The van der Waals surface area contributed by atoms with Gasteiger partial charge in [0.2, 0.25) is 0 Å². The molecule has 0 fully saturated rings. The highest BCUT2D eigenvalue weighted by Crippen LogP contribution is 2.29. The van der Waals surface area contributed by atoms with Crippen molar-refractivity contribution in [2.75, 3.05) is 30.5 Å². The van der Waals surface area contributed by atoms with Gasteiger partial charge in [0.05, 0.1) is 31.1 Å². The number of hydrogen-bond acceptors (Lipinski definition) is 6. The third-order valence-electron chi connectivity index (χ3n) is 3.18. The van der Waals surface area contributed by atoms with Crippen molar-refractivity contribution in [3.63, 3.8) is 0 Å². The predicted octanol–water partition coefficient (Wildman–Crippen LogP) is 2.36. The molecule has 0 radical (unpaired) electrons. The summed E-state index contributed by atoms with van der Waals surface area (Å²) >= 11 is 0. The summed E-state index contributed by atoms with van der Waals surface area (Å²) in [5.41, 5.74) is 1.94. The molecule has 0 bridgehead atoms. The average molecular weight is 287 g/mol. The first kappa shape index (κ1) is 13.5. The molecule has 2 aromatic rings. The molecule has 0 saturated carbocycles. The molecule has 0 saturated heterocycles. The largest absolute Gasteiger partial charge is 0.493 e. The zero-order valence-corrected chi connectivity index (χ0v) is 11.8. The van der Waals surface area contributed by atoms with Crippen LogP contribution in [0.4, 0.5) is 11.5 Å². The van der Waals surface area contributed by atoms with Gasteiger partial charge in [-0.1, -0.05) is 0 Å². The van der Waals surface area contributed by atoms with Gasteiger partial charge in [-0.15, -0.1) is 0 Å². The Morgan fingerprint density at radius 3 is 3.05 bits per heavy atom. The summed E-state index contributed by atoms with van der Waals surface area (Å²) in [6.45, 7) is 3.00. The van der Waals surface area contributed by atoms with Crippen molar-refractivity contribution in [1.29, 1.82) is 0 Å². The molecule has 0 atom stereocenters. The molecule has 2 N–H and O–H groups in total. The molecule has 1 aliphatic rings. The summed E-state index contributed by atoms with van der Waals surface area (Å²) in [4.78, 5) is 15.2. The fourth-order valence-electron chi connectivity index (χ4n) is 2.20. The monoisotopic (exact) mass is 287 g/mol. The van der Waals surface area contributed by atoms with Crippen molar-refractivity contribution in [3.05, 3.63) is 24.3 Å². The first-order chi connectivity index (χ1) is 10.2. The number of esters is 1. The third-order valence-corrected chi connectivity index (χ3v) is 3.18. The van der Waals surface area contributed by atoms with Gasteiger partial charge in [-0.2, -0.15) is 0 Å². The molecular weight excluding hydrogens is 270 g/mol. The fourth-order valence-corrected chi connectivity index (χ4v) is 2.20. The minimum atomic E-state index is -0.262. The molecule has 0 amide bonds. The molecule has 110 valence electrons. The zero-order valence-electron chi connectivity index (χ0n) is 11.8. The highest BCUT2D eigenvalue weighted by molar-refractivity contribution is 5.88. The molecule has 21 heavy (non-hydrogen) atoms. The first-order valence-corrected chi connectivity index (χ1v) is 6.91. The summed E-state index contributed by atoms with van der Waals surface area (Å²) in [6, 6.07) is 7.87. The lowest BCUT2D eigenvalue weighted by molar-refractivity contribution is -0.141. The van der Waals surface area contributed by atoms with Gasteiger partial charge in [0.15, 0.2) is 5.82 Å². The highest BCUT2D eigenvalue weighted by Gasteiger charge is 2.11. The maximum Gasteiger partial charge on any atom is 0.302 e. The van der Waals surface area contributed by atoms with E-state index in [2.05, 4.69) is 21.7 Å². The average Bonchev–Trinajstić information content (AvgIpc) is 2.91. The number of nitrogens with zero attached hydrogens (tertiary/aromatic N) is 1. The van der Waals surface area contributed by atoms with Crippen LogP contribution < -0.4 is 15.4 Å². The Morgan fingerprint density at radius 2 is 2.19 bits per heavy atom. The standard InChI is InChI=1S/C15H17N3O3/c1-10(19)20-5-2-6-21-12-3-4-13-11(7-12)8-14-15(18-13)17-9-16-14/h3-4,7-8,16H,2,5-6,9H2,1H3,(H,17,18). The number of rotatable bonds is 5. The maximum absolute atomic E-state index is 10.6. The van der Waals surface area contributed by atoms with Crippen LogP contribution in [-0.2, 0) is 9.53 Å². The molecule has 0 unspecified atom stereocenters. The predicted molar refractivity (Wildman–Crippen MR) is 80.6 cm³/mol. The van der Waals surface area contributed by atoms with E-state index in [1.54, 1.807) is 0 Å². The number of ether oxygens (including phenoxy) is 2. The van der Waals surface area contributed by atoms with Gasteiger partial charge >= 0.3 is 5.97 Å². The summed E-state index contributed by atoms with van der Waals surface area (Å²) in [7, 11) is 0. The number of benzene rings is 1. The van der Waals surface area contributed by atoms with Gasteiger partial charge in [-0.05, 0) is 24.3 Å². The van der Waals surface area contributed by atoms with E-state index in [-0.39, 0.29) is 5.97 Å². The van der Waals surface area contributed by atoms with E-state index in [1.165, 1.54) is 6.92 Å². The van der Waals surface area contributed by atoms with Gasteiger partial charge in [-0.3, -0.25) is 4.79 Å². The van der Waals surface area contributed by atoms with Crippen LogP contribution >= 0.6 is 0 Å². The van der Waals surface area contributed by atoms with E-state index in [9.17, 15) is 4.79 Å². The molecule has 3 rings (SSSR count). The number of anilines is 2. The Morgan fingerprint density at radius 1 is 1.29 bits per heavy atom. The smallest absolute Gasteiger partial charge is 0.302 e. The van der Waals surface area contributed by atoms with Gasteiger partial charge < -0.3 is 20.1 Å². The zero-order chi connectivity index (χ0) is 14.7. The van der Waals surface area contributed by atoms with E-state index in [0.29, 0.717) is 26.3 Å². The van der Waals surface area contributed by atoms with E-state index >= 15 is 0 Å². The maximum atomic E-state index is 10.6. The van der Waals surface area contributed by atoms with Gasteiger partial charge in [-0.25, -0.2) is 4.98 Å². The van der Waals surface area contributed by atoms with Crippen molar-refractivity contribution in [1.82, 2.24) is 4.98 Å². The van der Waals surface area contributed by atoms with Crippen LogP contribution in [0.25, 0.3) is 10.9 Å². The fraction of sp³-hybridized carbons (Fsp3) is 0.333. The molecule has 1 aromatic heterocycles. The minimum absolute atomic E-state index is 0.262. The molecule has 0 spiro atoms. The topological polar surface area (TPSA) is 72.5 Å². The second kappa shape index (κ2) is 5.87. The Kier molecular flexibility index (Phi) is 3.77. The van der Waals surface area contributed by atoms with Gasteiger partial charge in [0.1, 0.15) is 5.75 Å². The molecule has 1 aromatic carbocycles. The number of aromatic nitrogens is 1. The summed E-state index contributed by atoms with van der Waals surface area (Å²) in [6.07, 6.45) is 0.672. The lowest BCUT2D eigenvalue weighted by atomic mass is 10.2. The molecular formula is C15H17N3O3. The van der Waals surface area contributed by atoms with Crippen LogP contribution in [0.5, 0.6) is 5.75 Å². The Labute approximate surface area is 122 Å². The number of hydrogen-bond donors (Lipinski definition) is 2. The second-order valence-corrected chi connectivity index (χ2v) is 4.81. The van der Waals surface area contributed by atoms with Crippen LogP contribution in [0.2, 0.25) is 0 Å². The Bertz CT molecular complexity index is 673. The van der Waals surface area contributed by atoms with Crippen molar-refractivity contribution in [3.8, 4) is 5.75 Å². The lowest BCUT2D eigenvalue weighted by Crippen LogP contribution is -2.05. The van der Waals surface area contributed by atoms with E-state index in [0.717, 1.165) is 28.2 Å². The second-order valence-electron chi connectivity index (χ2n) is 4.81. The van der Waals surface area contributed by atoms with Crippen LogP contribution in [0, 0.1) is 0 Å². The van der Waals surface area contributed by atoms with E-state index in [1.807, 2.05) is 18.2 Å². The van der Waals surface area contributed by atoms with Crippen molar-refractivity contribution >= 4 is 28.4 Å². The molecule has 1 aliphatic heterocycles. The lowest BCUT2D eigenvalue weighted by Gasteiger charge is -2.08. The number of carbonyl (C=O) groups excluding carboxylic acids is 1. The van der Waals surface area contributed by atoms with Crippen LogP contribution in [0.15, 0.2) is 24.3 Å². The Balaban J connectivity index is 1.64. The summed E-state index contributed by atoms with van der Waals surface area (Å²) < 4.78 is 10.5. The van der Waals surface area contributed by atoms with Crippen molar-refractivity contribution in [2.45, 2.75) is 13.3 Å².